The molecule has 140 valence electrons. The van der Waals surface area contributed by atoms with Crippen molar-refractivity contribution in [3.05, 3.63) is 64.6 Å². The molecule has 1 atom stereocenters. The smallest absolute Gasteiger partial charge is 0.313 e. The van der Waals surface area contributed by atoms with Gasteiger partial charge in [-0.3, -0.25) is 14.3 Å². The van der Waals surface area contributed by atoms with Crippen LogP contribution in [0.1, 0.15) is 16.5 Å². The first-order valence-electron chi connectivity index (χ1n) is 8.35. The molecule has 1 aromatic carbocycles. The summed E-state index contributed by atoms with van der Waals surface area (Å²) >= 11 is 1.57. The Labute approximate surface area is 161 Å². The number of hydrogen-bond donors (Lipinski definition) is 2. The van der Waals surface area contributed by atoms with Crippen molar-refractivity contribution < 1.29 is 14.3 Å². The maximum atomic E-state index is 12.3. The number of thiophene rings is 1. The Hall–Kier alpha value is -3.13. The SMILES string of the molecule is COc1ccc(C)cc1NC(=O)C(=O)NC[C@H](c1cccs1)n1cccn1. The molecule has 0 aliphatic heterocycles. The van der Waals surface area contributed by atoms with Crippen molar-refractivity contribution in [3.63, 3.8) is 0 Å². The predicted molar refractivity (Wildman–Crippen MR) is 104 cm³/mol. The van der Waals surface area contributed by atoms with Gasteiger partial charge in [0.05, 0.1) is 12.8 Å². The van der Waals surface area contributed by atoms with Crippen molar-refractivity contribution in [1.82, 2.24) is 15.1 Å². The first-order chi connectivity index (χ1) is 13.1. The van der Waals surface area contributed by atoms with Gasteiger partial charge in [0.2, 0.25) is 0 Å². The first-order valence-corrected chi connectivity index (χ1v) is 9.23. The van der Waals surface area contributed by atoms with Gasteiger partial charge >= 0.3 is 11.8 Å². The van der Waals surface area contributed by atoms with Crippen molar-refractivity contribution in [2.75, 3.05) is 19.0 Å². The molecule has 7 nitrogen and oxygen atoms in total. The fourth-order valence-electron chi connectivity index (χ4n) is 2.64. The van der Waals surface area contributed by atoms with Crippen molar-refractivity contribution in [3.8, 4) is 5.75 Å². The molecule has 0 saturated carbocycles. The Morgan fingerprint density at radius 3 is 2.78 bits per heavy atom. The Morgan fingerprint density at radius 1 is 1.26 bits per heavy atom. The quantitative estimate of drug-likeness (QED) is 0.640. The second kappa shape index (κ2) is 8.50. The average molecular weight is 384 g/mol. The number of amides is 2. The predicted octanol–water partition coefficient (Wildman–Crippen LogP) is 2.61. The van der Waals surface area contributed by atoms with Crippen LogP contribution in [-0.2, 0) is 9.59 Å². The molecule has 0 unspecified atom stereocenters. The molecule has 8 heteroatoms. The lowest BCUT2D eigenvalue weighted by Gasteiger charge is -2.17. The maximum Gasteiger partial charge on any atom is 0.313 e. The minimum Gasteiger partial charge on any atom is -0.495 e. The van der Waals surface area contributed by atoms with Crippen molar-refractivity contribution >= 4 is 28.8 Å². The second-order valence-electron chi connectivity index (χ2n) is 5.89. The summed E-state index contributed by atoms with van der Waals surface area (Å²) in [5, 5.41) is 11.5. The normalized spacial score (nSPS) is 11.6. The number of nitrogens with zero attached hydrogens (tertiary/aromatic N) is 2. The third-order valence-corrected chi connectivity index (χ3v) is 4.95. The number of hydrogen-bond acceptors (Lipinski definition) is 5. The minimum absolute atomic E-state index is 0.176. The van der Waals surface area contributed by atoms with Gasteiger partial charge in [0, 0.05) is 23.8 Å². The number of rotatable bonds is 6. The number of methoxy groups -OCH3 is 1. The van der Waals surface area contributed by atoms with E-state index in [9.17, 15) is 9.59 Å². The van der Waals surface area contributed by atoms with Gasteiger partial charge in [0.25, 0.3) is 0 Å². The van der Waals surface area contributed by atoms with Crippen LogP contribution in [0.25, 0.3) is 0 Å². The van der Waals surface area contributed by atoms with Crippen LogP contribution >= 0.6 is 11.3 Å². The Bertz CT molecular complexity index is 873. The molecule has 0 bridgehead atoms. The fraction of sp³-hybridized carbons (Fsp3) is 0.211. The van der Waals surface area contributed by atoms with E-state index >= 15 is 0 Å². The van der Waals surface area contributed by atoms with Crippen molar-refractivity contribution in [2.45, 2.75) is 13.0 Å². The van der Waals surface area contributed by atoms with E-state index in [0.717, 1.165) is 10.4 Å². The number of benzene rings is 1. The van der Waals surface area contributed by atoms with Gasteiger partial charge in [-0.2, -0.15) is 5.10 Å². The van der Waals surface area contributed by atoms with E-state index in [1.165, 1.54) is 7.11 Å². The molecule has 2 amide bonds. The van der Waals surface area contributed by atoms with Crippen LogP contribution in [0.15, 0.2) is 54.2 Å². The van der Waals surface area contributed by atoms with Crippen molar-refractivity contribution in [2.24, 2.45) is 0 Å². The summed E-state index contributed by atoms with van der Waals surface area (Å²) in [4.78, 5) is 25.6. The van der Waals surface area contributed by atoms with Crippen LogP contribution in [0, 0.1) is 6.92 Å². The second-order valence-corrected chi connectivity index (χ2v) is 6.86. The zero-order valence-electron chi connectivity index (χ0n) is 15.0. The lowest BCUT2D eigenvalue weighted by atomic mass is 10.2. The highest BCUT2D eigenvalue weighted by atomic mass is 32.1. The van der Waals surface area contributed by atoms with Gasteiger partial charge in [-0.25, -0.2) is 0 Å². The minimum atomic E-state index is -0.746. The number of ether oxygens (including phenoxy) is 1. The molecule has 0 aliphatic carbocycles. The van der Waals surface area contributed by atoms with Gasteiger partial charge in [0.15, 0.2) is 0 Å². The average Bonchev–Trinajstić information content (AvgIpc) is 3.36. The topological polar surface area (TPSA) is 85.2 Å². The summed E-state index contributed by atoms with van der Waals surface area (Å²) in [5.74, 6) is -0.966. The lowest BCUT2D eigenvalue weighted by Crippen LogP contribution is -2.38. The van der Waals surface area contributed by atoms with Gasteiger partial charge in [-0.15, -0.1) is 11.3 Å². The summed E-state index contributed by atoms with van der Waals surface area (Å²) in [6.45, 7) is 2.14. The molecule has 2 N–H and O–H groups in total. The van der Waals surface area contributed by atoms with Crippen LogP contribution in [-0.4, -0.2) is 35.2 Å². The van der Waals surface area contributed by atoms with E-state index in [0.29, 0.717) is 11.4 Å². The molecular weight excluding hydrogens is 364 g/mol. The Kier molecular flexibility index (Phi) is 5.87. The fourth-order valence-corrected chi connectivity index (χ4v) is 3.46. The van der Waals surface area contributed by atoms with Crippen LogP contribution in [0.5, 0.6) is 5.75 Å². The molecule has 3 rings (SSSR count). The summed E-state index contributed by atoms with van der Waals surface area (Å²) in [6.07, 6.45) is 3.51. The van der Waals surface area contributed by atoms with E-state index < -0.39 is 11.8 Å². The molecule has 0 aliphatic rings. The molecule has 3 aromatic rings. The van der Waals surface area contributed by atoms with Crippen LogP contribution in [0.2, 0.25) is 0 Å². The number of carbonyl (C=O) groups is 2. The van der Waals surface area contributed by atoms with Crippen LogP contribution in [0.4, 0.5) is 5.69 Å². The van der Waals surface area contributed by atoms with E-state index in [1.54, 1.807) is 34.3 Å². The zero-order chi connectivity index (χ0) is 19.2. The van der Waals surface area contributed by atoms with Crippen LogP contribution in [0.3, 0.4) is 0 Å². The number of aromatic nitrogens is 2. The van der Waals surface area contributed by atoms with E-state index in [2.05, 4.69) is 15.7 Å². The summed E-state index contributed by atoms with van der Waals surface area (Å²) in [7, 11) is 1.51. The highest BCUT2D eigenvalue weighted by molar-refractivity contribution is 7.10. The van der Waals surface area contributed by atoms with Gasteiger partial charge < -0.3 is 15.4 Å². The third-order valence-electron chi connectivity index (χ3n) is 3.98. The van der Waals surface area contributed by atoms with Gasteiger partial charge in [-0.1, -0.05) is 12.1 Å². The van der Waals surface area contributed by atoms with Crippen LogP contribution < -0.4 is 15.4 Å². The molecule has 0 radical (unpaired) electrons. The Balaban J connectivity index is 1.66. The lowest BCUT2D eigenvalue weighted by molar-refractivity contribution is -0.136. The number of nitrogens with one attached hydrogen (secondary N) is 2. The molecule has 2 heterocycles. The first kappa shape index (κ1) is 18.7. The number of carbonyl (C=O) groups excluding carboxylic acids is 2. The molecular formula is C19H20N4O3S. The van der Waals surface area contributed by atoms with E-state index in [1.807, 2.05) is 42.8 Å². The largest absolute Gasteiger partial charge is 0.495 e. The highest BCUT2D eigenvalue weighted by Gasteiger charge is 2.20. The van der Waals surface area contributed by atoms with Crippen molar-refractivity contribution in [1.29, 1.82) is 0 Å². The van der Waals surface area contributed by atoms with Gasteiger partial charge in [0.1, 0.15) is 11.8 Å². The summed E-state index contributed by atoms with van der Waals surface area (Å²) in [6, 6.07) is 10.9. The van der Waals surface area contributed by atoms with E-state index in [-0.39, 0.29) is 12.6 Å². The standard InChI is InChI=1S/C19H20N4O3S/c1-13-6-7-16(26-2)14(11-13)22-19(25)18(24)20-12-15(17-5-3-10-27-17)23-9-4-8-21-23/h3-11,15H,12H2,1-2H3,(H,20,24)(H,22,25)/t15-/m1/s1. The highest BCUT2D eigenvalue weighted by Crippen LogP contribution is 2.25. The number of aryl methyl sites for hydroxylation is 1. The Morgan fingerprint density at radius 2 is 2.11 bits per heavy atom. The summed E-state index contributed by atoms with van der Waals surface area (Å²) < 4.78 is 6.98. The molecule has 0 fully saturated rings. The molecule has 27 heavy (non-hydrogen) atoms. The summed E-state index contributed by atoms with van der Waals surface area (Å²) in [5.41, 5.74) is 1.41. The number of anilines is 1. The molecule has 2 aromatic heterocycles. The third kappa shape index (κ3) is 4.53. The zero-order valence-corrected chi connectivity index (χ0v) is 15.8. The molecule has 0 spiro atoms. The van der Waals surface area contributed by atoms with E-state index in [4.69, 9.17) is 4.74 Å². The monoisotopic (exact) mass is 384 g/mol. The molecule has 0 saturated heterocycles. The maximum absolute atomic E-state index is 12.3. The van der Waals surface area contributed by atoms with Gasteiger partial charge in [-0.05, 0) is 42.1 Å².